The third kappa shape index (κ3) is 3.65. The maximum absolute atomic E-state index is 5.95. The van der Waals surface area contributed by atoms with E-state index in [1.807, 2.05) is 0 Å². The molecular formula is C13H27N3O2. The molecule has 0 aromatic carbocycles. The molecule has 2 saturated heterocycles. The molecule has 5 heteroatoms. The standard InChI is InChI=1S/C13H27N3O2/c1-17-13(18-2)10-15-6-5-12(9-15)16-7-3-11(14)4-8-16/h11-13H,3-10,14H2,1-2H3. The molecule has 1 atom stereocenters. The van der Waals surface area contributed by atoms with Gasteiger partial charge in [-0.05, 0) is 38.9 Å². The van der Waals surface area contributed by atoms with E-state index in [1.54, 1.807) is 14.2 Å². The number of rotatable bonds is 5. The molecule has 0 bridgehead atoms. The fourth-order valence-electron chi connectivity index (χ4n) is 3.02. The van der Waals surface area contributed by atoms with Gasteiger partial charge in [-0.25, -0.2) is 0 Å². The Morgan fingerprint density at radius 3 is 2.39 bits per heavy atom. The van der Waals surface area contributed by atoms with E-state index in [9.17, 15) is 0 Å². The van der Waals surface area contributed by atoms with Gasteiger partial charge in [0, 0.05) is 39.4 Å². The van der Waals surface area contributed by atoms with Gasteiger partial charge in [0.1, 0.15) is 0 Å². The largest absolute Gasteiger partial charge is 0.355 e. The van der Waals surface area contributed by atoms with Crippen LogP contribution in [-0.4, -0.2) is 75.1 Å². The second kappa shape index (κ2) is 6.82. The van der Waals surface area contributed by atoms with Crippen molar-refractivity contribution in [2.45, 2.75) is 37.6 Å². The molecular weight excluding hydrogens is 230 g/mol. The summed E-state index contributed by atoms with van der Waals surface area (Å²) >= 11 is 0. The van der Waals surface area contributed by atoms with Crippen LogP contribution in [-0.2, 0) is 9.47 Å². The molecule has 2 rings (SSSR count). The van der Waals surface area contributed by atoms with Crippen molar-refractivity contribution < 1.29 is 9.47 Å². The van der Waals surface area contributed by atoms with Crippen molar-refractivity contribution in [1.29, 1.82) is 0 Å². The Bertz CT molecular complexity index is 240. The summed E-state index contributed by atoms with van der Waals surface area (Å²) in [5.41, 5.74) is 5.95. The van der Waals surface area contributed by atoms with Crippen LogP contribution in [0.4, 0.5) is 0 Å². The number of hydrogen-bond donors (Lipinski definition) is 1. The lowest BCUT2D eigenvalue weighted by Gasteiger charge is -2.34. The number of ether oxygens (including phenoxy) is 2. The molecule has 0 amide bonds. The molecule has 2 aliphatic rings. The Morgan fingerprint density at radius 2 is 1.78 bits per heavy atom. The first-order chi connectivity index (χ1) is 8.72. The number of likely N-dealkylation sites (tertiary alicyclic amines) is 2. The molecule has 0 radical (unpaired) electrons. The molecule has 2 fully saturated rings. The van der Waals surface area contributed by atoms with Crippen LogP contribution in [0.25, 0.3) is 0 Å². The van der Waals surface area contributed by atoms with E-state index in [-0.39, 0.29) is 6.29 Å². The Morgan fingerprint density at radius 1 is 1.11 bits per heavy atom. The average molecular weight is 257 g/mol. The van der Waals surface area contributed by atoms with Gasteiger partial charge in [0.15, 0.2) is 6.29 Å². The summed E-state index contributed by atoms with van der Waals surface area (Å²) in [6.07, 6.45) is 3.46. The first-order valence-corrected chi connectivity index (χ1v) is 7.00. The Kier molecular flexibility index (Phi) is 5.38. The van der Waals surface area contributed by atoms with Crippen LogP contribution in [0.2, 0.25) is 0 Å². The van der Waals surface area contributed by atoms with Crippen LogP contribution < -0.4 is 5.73 Å². The minimum absolute atomic E-state index is 0.0986. The van der Waals surface area contributed by atoms with Crippen molar-refractivity contribution in [2.75, 3.05) is 46.9 Å². The van der Waals surface area contributed by atoms with Gasteiger partial charge in [-0.2, -0.15) is 0 Å². The van der Waals surface area contributed by atoms with Crippen LogP contribution in [0.3, 0.4) is 0 Å². The Labute approximate surface area is 110 Å². The quantitative estimate of drug-likeness (QED) is 0.708. The molecule has 0 aromatic rings. The number of methoxy groups -OCH3 is 2. The molecule has 2 N–H and O–H groups in total. The van der Waals surface area contributed by atoms with E-state index < -0.39 is 0 Å². The first-order valence-electron chi connectivity index (χ1n) is 7.00. The number of nitrogens with two attached hydrogens (primary N) is 1. The van der Waals surface area contributed by atoms with E-state index in [2.05, 4.69) is 9.80 Å². The highest BCUT2D eigenvalue weighted by molar-refractivity contribution is 4.87. The van der Waals surface area contributed by atoms with Crippen LogP contribution in [0, 0.1) is 0 Å². The second-order valence-corrected chi connectivity index (χ2v) is 5.48. The number of nitrogens with zero attached hydrogens (tertiary/aromatic N) is 2. The first kappa shape index (κ1) is 14.2. The van der Waals surface area contributed by atoms with Gasteiger partial charge in [-0.1, -0.05) is 0 Å². The van der Waals surface area contributed by atoms with E-state index in [0.29, 0.717) is 12.1 Å². The number of hydrogen-bond acceptors (Lipinski definition) is 5. The number of piperidine rings is 1. The van der Waals surface area contributed by atoms with E-state index in [0.717, 1.165) is 45.6 Å². The van der Waals surface area contributed by atoms with Crippen LogP contribution >= 0.6 is 0 Å². The molecule has 2 heterocycles. The van der Waals surface area contributed by atoms with Gasteiger partial charge in [-0.15, -0.1) is 0 Å². The maximum Gasteiger partial charge on any atom is 0.169 e. The maximum atomic E-state index is 5.95. The molecule has 5 nitrogen and oxygen atoms in total. The fourth-order valence-corrected chi connectivity index (χ4v) is 3.02. The zero-order chi connectivity index (χ0) is 13.0. The third-order valence-electron chi connectivity index (χ3n) is 4.27. The highest BCUT2D eigenvalue weighted by atomic mass is 16.7. The summed E-state index contributed by atoms with van der Waals surface area (Å²) in [6.45, 7) is 5.49. The smallest absolute Gasteiger partial charge is 0.169 e. The SMILES string of the molecule is COC(CN1CCC(N2CCC(N)CC2)C1)OC. The minimum Gasteiger partial charge on any atom is -0.355 e. The molecule has 0 aromatic heterocycles. The third-order valence-corrected chi connectivity index (χ3v) is 4.27. The molecule has 106 valence electrons. The Hall–Kier alpha value is -0.200. The fraction of sp³-hybridized carbons (Fsp3) is 1.00. The molecule has 0 spiro atoms. The van der Waals surface area contributed by atoms with Crippen molar-refractivity contribution in [1.82, 2.24) is 9.80 Å². The molecule has 2 aliphatic heterocycles. The average Bonchev–Trinajstić information content (AvgIpc) is 2.85. The van der Waals surface area contributed by atoms with Gasteiger partial charge < -0.3 is 15.2 Å². The van der Waals surface area contributed by atoms with E-state index in [1.165, 1.54) is 6.42 Å². The Balaban J connectivity index is 1.74. The predicted molar refractivity (Wildman–Crippen MR) is 71.4 cm³/mol. The lowest BCUT2D eigenvalue weighted by atomic mass is 10.0. The lowest BCUT2D eigenvalue weighted by molar-refractivity contribution is -0.114. The zero-order valence-electron chi connectivity index (χ0n) is 11.7. The summed E-state index contributed by atoms with van der Waals surface area (Å²) < 4.78 is 10.5. The van der Waals surface area contributed by atoms with Gasteiger partial charge in [-0.3, -0.25) is 9.80 Å². The molecule has 0 saturated carbocycles. The predicted octanol–water partition coefficient (Wildman–Crippen LogP) is 0.103. The van der Waals surface area contributed by atoms with E-state index >= 15 is 0 Å². The summed E-state index contributed by atoms with van der Waals surface area (Å²) in [4.78, 5) is 5.05. The normalized spacial score (nSPS) is 28.3. The summed E-state index contributed by atoms with van der Waals surface area (Å²) in [5.74, 6) is 0. The van der Waals surface area contributed by atoms with Crippen LogP contribution in [0.5, 0.6) is 0 Å². The monoisotopic (exact) mass is 257 g/mol. The lowest BCUT2D eigenvalue weighted by Crippen LogP contribution is -2.46. The minimum atomic E-state index is -0.0986. The van der Waals surface area contributed by atoms with Crippen molar-refractivity contribution >= 4 is 0 Å². The van der Waals surface area contributed by atoms with Gasteiger partial charge >= 0.3 is 0 Å². The summed E-state index contributed by atoms with van der Waals surface area (Å²) in [6, 6.07) is 1.12. The zero-order valence-corrected chi connectivity index (χ0v) is 11.7. The van der Waals surface area contributed by atoms with Gasteiger partial charge in [0.05, 0.1) is 0 Å². The van der Waals surface area contributed by atoms with Crippen LogP contribution in [0.15, 0.2) is 0 Å². The van der Waals surface area contributed by atoms with Gasteiger partial charge in [0.25, 0.3) is 0 Å². The van der Waals surface area contributed by atoms with Crippen molar-refractivity contribution in [2.24, 2.45) is 5.73 Å². The molecule has 18 heavy (non-hydrogen) atoms. The van der Waals surface area contributed by atoms with E-state index in [4.69, 9.17) is 15.2 Å². The van der Waals surface area contributed by atoms with Crippen molar-refractivity contribution in [3.63, 3.8) is 0 Å². The molecule has 1 unspecified atom stereocenters. The highest BCUT2D eigenvalue weighted by Crippen LogP contribution is 2.20. The topological polar surface area (TPSA) is 51.0 Å². The van der Waals surface area contributed by atoms with Crippen molar-refractivity contribution in [3.8, 4) is 0 Å². The summed E-state index contributed by atoms with van der Waals surface area (Å²) in [5, 5.41) is 0. The molecule has 0 aliphatic carbocycles. The van der Waals surface area contributed by atoms with Crippen molar-refractivity contribution in [3.05, 3.63) is 0 Å². The second-order valence-electron chi connectivity index (χ2n) is 5.48. The van der Waals surface area contributed by atoms with Gasteiger partial charge in [0.2, 0.25) is 0 Å². The summed E-state index contributed by atoms with van der Waals surface area (Å²) in [7, 11) is 3.40. The van der Waals surface area contributed by atoms with Crippen LogP contribution in [0.1, 0.15) is 19.3 Å². The highest BCUT2D eigenvalue weighted by Gasteiger charge is 2.30.